The maximum atomic E-state index is 12.8. The summed E-state index contributed by atoms with van der Waals surface area (Å²) in [5.41, 5.74) is 1.95. The number of rotatable bonds is 3. The van der Waals surface area contributed by atoms with E-state index in [1.54, 1.807) is 12.3 Å². The second-order valence-corrected chi connectivity index (χ2v) is 6.27. The van der Waals surface area contributed by atoms with Crippen LogP contribution in [0.3, 0.4) is 0 Å². The van der Waals surface area contributed by atoms with E-state index in [0.29, 0.717) is 5.78 Å². The summed E-state index contributed by atoms with van der Waals surface area (Å²) in [6.45, 7) is 0.768. The fraction of sp³-hybridized carbons (Fsp3) is 0.250. The van der Waals surface area contributed by atoms with Crippen LogP contribution >= 0.6 is 0 Å². The minimum atomic E-state index is 0.0170. The highest BCUT2D eigenvalue weighted by molar-refractivity contribution is 5.92. The number of hydrogen-bond donors (Lipinski definition) is 0. The van der Waals surface area contributed by atoms with Crippen molar-refractivity contribution in [3.8, 4) is 0 Å². The number of aromatic nitrogens is 3. The van der Waals surface area contributed by atoms with Crippen molar-refractivity contribution in [2.45, 2.75) is 25.3 Å². The first-order valence-electron chi connectivity index (χ1n) is 8.64. The number of carbonyl (C=O) groups excluding carboxylic acids is 1. The van der Waals surface area contributed by atoms with Gasteiger partial charge in [0.2, 0.25) is 11.7 Å². The van der Waals surface area contributed by atoms with Gasteiger partial charge in [-0.05, 0) is 37.0 Å². The van der Waals surface area contributed by atoms with Crippen molar-refractivity contribution in [2.75, 3.05) is 6.54 Å². The summed E-state index contributed by atoms with van der Waals surface area (Å²) in [5, 5.41) is 0. The average Bonchev–Trinajstić information content (AvgIpc) is 3.15. The van der Waals surface area contributed by atoms with Crippen molar-refractivity contribution in [3.05, 3.63) is 72.3 Å². The number of benzene rings is 1. The summed E-state index contributed by atoms with van der Waals surface area (Å²) in [6.07, 6.45) is 12.2. The Labute approximate surface area is 146 Å². The first kappa shape index (κ1) is 15.6. The number of nitrogens with zero attached hydrogens (tertiary/aromatic N) is 4. The van der Waals surface area contributed by atoms with Crippen molar-refractivity contribution >= 4 is 17.8 Å². The molecule has 1 unspecified atom stereocenters. The van der Waals surface area contributed by atoms with Crippen molar-refractivity contribution in [1.82, 2.24) is 19.3 Å². The van der Waals surface area contributed by atoms with Gasteiger partial charge < -0.3 is 4.90 Å². The lowest BCUT2D eigenvalue weighted by atomic mass is 9.99. The molecule has 1 atom stereocenters. The Bertz CT molecular complexity index is 900. The molecule has 0 spiro atoms. The normalized spacial score (nSPS) is 18.1. The summed E-state index contributed by atoms with van der Waals surface area (Å²) in [4.78, 5) is 23.6. The van der Waals surface area contributed by atoms with Crippen LogP contribution in [-0.2, 0) is 4.79 Å². The standard InChI is InChI=1S/C20H20N4O/c25-19(10-9-16-6-2-1-3-7-16)24-13-5-4-8-18(24)17-11-14-23-15-12-21-20(23)22-17/h1-3,6-7,9-12,14-15,18H,4-5,8,13H2/b10-9+. The van der Waals surface area contributed by atoms with E-state index in [0.717, 1.165) is 37.1 Å². The zero-order valence-electron chi connectivity index (χ0n) is 14.0. The number of likely N-dealkylation sites (tertiary alicyclic amines) is 1. The third-order valence-electron chi connectivity index (χ3n) is 4.63. The molecule has 1 amide bonds. The molecule has 3 heterocycles. The van der Waals surface area contributed by atoms with Crippen molar-refractivity contribution in [1.29, 1.82) is 0 Å². The fourth-order valence-corrected chi connectivity index (χ4v) is 3.33. The van der Waals surface area contributed by atoms with Crippen LogP contribution in [0.5, 0.6) is 0 Å². The van der Waals surface area contributed by atoms with Gasteiger partial charge in [0, 0.05) is 31.2 Å². The van der Waals surface area contributed by atoms with Crippen LogP contribution in [0.2, 0.25) is 0 Å². The summed E-state index contributed by atoms with van der Waals surface area (Å²) < 4.78 is 1.88. The monoisotopic (exact) mass is 332 g/mol. The minimum Gasteiger partial charge on any atom is -0.331 e. The molecule has 126 valence electrons. The minimum absolute atomic E-state index is 0.0170. The second kappa shape index (κ2) is 6.89. The fourth-order valence-electron chi connectivity index (χ4n) is 3.33. The molecule has 0 N–H and O–H groups in total. The number of piperidine rings is 1. The third-order valence-corrected chi connectivity index (χ3v) is 4.63. The molecular weight excluding hydrogens is 312 g/mol. The van der Waals surface area contributed by atoms with Gasteiger partial charge in [-0.1, -0.05) is 30.3 Å². The molecule has 0 saturated carbocycles. The highest BCUT2D eigenvalue weighted by Crippen LogP contribution is 2.30. The lowest BCUT2D eigenvalue weighted by Gasteiger charge is -2.34. The molecular formula is C20H20N4O. The zero-order chi connectivity index (χ0) is 17.1. The molecule has 1 aliphatic heterocycles. The van der Waals surface area contributed by atoms with Crippen molar-refractivity contribution in [2.24, 2.45) is 0 Å². The molecule has 0 radical (unpaired) electrons. The maximum absolute atomic E-state index is 12.8. The summed E-state index contributed by atoms with van der Waals surface area (Å²) in [5.74, 6) is 0.717. The van der Waals surface area contributed by atoms with E-state index in [1.807, 2.05) is 64.2 Å². The Morgan fingerprint density at radius 3 is 2.88 bits per heavy atom. The average molecular weight is 332 g/mol. The molecule has 1 aromatic carbocycles. The molecule has 0 aliphatic carbocycles. The zero-order valence-corrected chi connectivity index (χ0v) is 14.0. The van der Waals surface area contributed by atoms with E-state index >= 15 is 0 Å². The molecule has 3 aromatic rings. The molecule has 5 heteroatoms. The van der Waals surface area contributed by atoms with Crippen LogP contribution in [0.4, 0.5) is 0 Å². The largest absolute Gasteiger partial charge is 0.331 e. The topological polar surface area (TPSA) is 50.5 Å². The van der Waals surface area contributed by atoms with Crippen LogP contribution in [0, 0.1) is 0 Å². The molecule has 1 aliphatic rings. The predicted octanol–water partition coefficient (Wildman–Crippen LogP) is 3.50. The van der Waals surface area contributed by atoms with Gasteiger partial charge in [-0.2, -0.15) is 0 Å². The van der Waals surface area contributed by atoms with Crippen LogP contribution in [0.1, 0.15) is 36.6 Å². The van der Waals surface area contributed by atoms with Crippen LogP contribution in [0.15, 0.2) is 61.1 Å². The van der Waals surface area contributed by atoms with Gasteiger partial charge >= 0.3 is 0 Å². The number of fused-ring (bicyclic) bond motifs is 1. The van der Waals surface area contributed by atoms with E-state index in [2.05, 4.69) is 9.97 Å². The van der Waals surface area contributed by atoms with Crippen molar-refractivity contribution < 1.29 is 4.79 Å². The lowest BCUT2D eigenvalue weighted by Crippen LogP contribution is -2.37. The van der Waals surface area contributed by atoms with E-state index < -0.39 is 0 Å². The van der Waals surface area contributed by atoms with Crippen LogP contribution in [-0.4, -0.2) is 31.7 Å². The summed E-state index contributed by atoms with van der Waals surface area (Å²) in [6, 6.07) is 11.9. The number of carbonyl (C=O) groups is 1. The predicted molar refractivity (Wildman–Crippen MR) is 96.8 cm³/mol. The number of amides is 1. The molecule has 0 bridgehead atoms. The Kier molecular flexibility index (Phi) is 4.29. The summed E-state index contributed by atoms with van der Waals surface area (Å²) >= 11 is 0. The van der Waals surface area contributed by atoms with Crippen LogP contribution in [0.25, 0.3) is 11.9 Å². The van der Waals surface area contributed by atoms with E-state index in [1.165, 1.54) is 0 Å². The first-order valence-corrected chi connectivity index (χ1v) is 8.64. The quantitative estimate of drug-likeness (QED) is 0.690. The van der Waals surface area contributed by atoms with Gasteiger partial charge in [0.05, 0.1) is 11.7 Å². The first-order chi connectivity index (χ1) is 12.3. The smallest absolute Gasteiger partial charge is 0.247 e. The van der Waals surface area contributed by atoms with Crippen molar-refractivity contribution in [3.63, 3.8) is 0 Å². The number of hydrogen-bond acceptors (Lipinski definition) is 3. The Morgan fingerprint density at radius 2 is 2.00 bits per heavy atom. The van der Waals surface area contributed by atoms with Gasteiger partial charge in [0.1, 0.15) is 0 Å². The SMILES string of the molecule is O=C(/C=C/c1ccccc1)N1CCCCC1c1ccn2ccnc2n1. The van der Waals surface area contributed by atoms with E-state index in [-0.39, 0.29) is 11.9 Å². The van der Waals surface area contributed by atoms with E-state index in [4.69, 9.17) is 0 Å². The molecule has 1 saturated heterocycles. The van der Waals surface area contributed by atoms with Gasteiger partial charge in [-0.25, -0.2) is 9.97 Å². The Balaban J connectivity index is 1.57. The summed E-state index contributed by atoms with van der Waals surface area (Å²) in [7, 11) is 0. The molecule has 2 aromatic heterocycles. The van der Waals surface area contributed by atoms with E-state index in [9.17, 15) is 4.79 Å². The van der Waals surface area contributed by atoms with Gasteiger partial charge in [-0.3, -0.25) is 9.20 Å². The molecule has 25 heavy (non-hydrogen) atoms. The Hall–Kier alpha value is -2.95. The molecule has 4 rings (SSSR count). The highest BCUT2D eigenvalue weighted by atomic mass is 16.2. The van der Waals surface area contributed by atoms with Gasteiger partial charge in [0.25, 0.3) is 0 Å². The Morgan fingerprint density at radius 1 is 1.12 bits per heavy atom. The number of imidazole rings is 1. The molecule has 1 fully saturated rings. The van der Waals surface area contributed by atoms with Gasteiger partial charge in [0.15, 0.2) is 0 Å². The van der Waals surface area contributed by atoms with Gasteiger partial charge in [-0.15, -0.1) is 0 Å². The highest BCUT2D eigenvalue weighted by Gasteiger charge is 2.28. The molecule has 5 nitrogen and oxygen atoms in total. The van der Waals surface area contributed by atoms with Crippen LogP contribution < -0.4 is 0 Å². The second-order valence-electron chi connectivity index (χ2n) is 6.27. The lowest BCUT2D eigenvalue weighted by molar-refractivity contribution is -0.129. The third kappa shape index (κ3) is 3.31. The maximum Gasteiger partial charge on any atom is 0.247 e.